The van der Waals surface area contributed by atoms with Crippen molar-refractivity contribution >= 4 is 0 Å². The second-order valence-electron chi connectivity index (χ2n) is 5.59. The molecular weight excluding hydrogens is 268 g/mol. The molecule has 0 amide bonds. The van der Waals surface area contributed by atoms with Gasteiger partial charge in [0.25, 0.3) is 0 Å². The van der Waals surface area contributed by atoms with Crippen molar-refractivity contribution in [2.24, 2.45) is 0 Å². The maximum absolute atomic E-state index is 9.90. The summed E-state index contributed by atoms with van der Waals surface area (Å²) in [4.78, 5) is 6.63. The summed E-state index contributed by atoms with van der Waals surface area (Å²) >= 11 is 0. The Kier molecular flexibility index (Phi) is 3.65. The molecule has 1 atom stereocenters. The van der Waals surface area contributed by atoms with E-state index in [9.17, 15) is 10.2 Å². The molecule has 0 spiro atoms. The summed E-state index contributed by atoms with van der Waals surface area (Å²) in [5, 5.41) is 23.9. The molecule has 3 heterocycles. The summed E-state index contributed by atoms with van der Waals surface area (Å²) in [6.45, 7) is 6.64. The smallest absolute Gasteiger partial charge is 0.138 e. The number of pyridine rings is 1. The van der Waals surface area contributed by atoms with Gasteiger partial charge in [0.05, 0.1) is 29.7 Å². The zero-order chi connectivity index (χ0) is 15.0. The van der Waals surface area contributed by atoms with Gasteiger partial charge >= 0.3 is 0 Å². The van der Waals surface area contributed by atoms with Crippen molar-refractivity contribution in [1.82, 2.24) is 19.7 Å². The molecule has 1 aliphatic rings. The Morgan fingerprint density at radius 1 is 1.33 bits per heavy atom. The average Bonchev–Trinajstić information content (AvgIpc) is 2.86. The minimum atomic E-state index is -0.543. The molecule has 0 unspecified atom stereocenters. The quantitative estimate of drug-likeness (QED) is 0.892. The first-order valence-corrected chi connectivity index (χ1v) is 7.15. The van der Waals surface area contributed by atoms with Gasteiger partial charge < -0.3 is 10.2 Å². The molecule has 2 aromatic rings. The number of aryl methyl sites for hydroxylation is 1. The fourth-order valence-corrected chi connectivity index (χ4v) is 2.61. The number of fused-ring (bicyclic) bond motifs is 1. The Morgan fingerprint density at radius 2 is 2.14 bits per heavy atom. The molecule has 3 rings (SSSR count). The lowest BCUT2D eigenvalue weighted by Gasteiger charge is -2.27. The summed E-state index contributed by atoms with van der Waals surface area (Å²) in [5.74, 6) is 0.240. The summed E-state index contributed by atoms with van der Waals surface area (Å²) < 4.78 is 1.95. The van der Waals surface area contributed by atoms with E-state index in [1.807, 2.05) is 17.7 Å². The lowest BCUT2D eigenvalue weighted by Crippen LogP contribution is -2.33. The summed E-state index contributed by atoms with van der Waals surface area (Å²) in [5.41, 5.74) is 3.41. The van der Waals surface area contributed by atoms with Crippen molar-refractivity contribution in [3.8, 4) is 5.75 Å². The standard InChI is InChI=1S/C15H20N4O2/c1-10-3-4-15(21)14(16-10)9-18-5-6-19-12(8-18)7-13(17-19)11(2)20/h3-4,7,11,20-21H,5-6,8-9H2,1-2H3/t11-/m0/s1. The minimum Gasteiger partial charge on any atom is -0.506 e. The molecule has 1 aliphatic heterocycles. The van der Waals surface area contributed by atoms with Gasteiger partial charge in [-0.3, -0.25) is 14.6 Å². The van der Waals surface area contributed by atoms with Crippen molar-refractivity contribution < 1.29 is 10.2 Å². The van der Waals surface area contributed by atoms with Gasteiger partial charge in [-0.05, 0) is 32.0 Å². The molecule has 21 heavy (non-hydrogen) atoms. The molecule has 112 valence electrons. The van der Waals surface area contributed by atoms with Crippen LogP contribution in [-0.2, 0) is 19.6 Å². The van der Waals surface area contributed by atoms with Crippen LogP contribution in [-0.4, -0.2) is 36.4 Å². The fourth-order valence-electron chi connectivity index (χ4n) is 2.61. The Hall–Kier alpha value is -1.92. The molecule has 0 aliphatic carbocycles. The van der Waals surface area contributed by atoms with Gasteiger partial charge in [0.15, 0.2) is 0 Å². The minimum absolute atomic E-state index is 0.240. The number of nitrogens with zero attached hydrogens (tertiary/aromatic N) is 4. The van der Waals surface area contributed by atoms with E-state index < -0.39 is 6.10 Å². The number of aromatic hydroxyl groups is 1. The van der Waals surface area contributed by atoms with Gasteiger partial charge in [0.2, 0.25) is 0 Å². The van der Waals surface area contributed by atoms with Gasteiger partial charge in [0, 0.05) is 25.3 Å². The highest BCUT2D eigenvalue weighted by atomic mass is 16.3. The molecule has 0 aromatic carbocycles. The number of hydrogen-bond donors (Lipinski definition) is 2. The number of hydrogen-bond acceptors (Lipinski definition) is 5. The third-order valence-corrected chi connectivity index (χ3v) is 3.79. The lowest BCUT2D eigenvalue weighted by atomic mass is 10.2. The lowest BCUT2D eigenvalue weighted by molar-refractivity contribution is 0.188. The van der Waals surface area contributed by atoms with Crippen molar-refractivity contribution in [2.75, 3.05) is 6.54 Å². The van der Waals surface area contributed by atoms with Crippen LogP contribution in [0.1, 0.15) is 35.8 Å². The van der Waals surface area contributed by atoms with Crippen LogP contribution in [0.25, 0.3) is 0 Å². The van der Waals surface area contributed by atoms with Crippen molar-refractivity contribution in [2.45, 2.75) is 39.6 Å². The molecule has 6 heteroatoms. The monoisotopic (exact) mass is 288 g/mol. The molecule has 0 fully saturated rings. The van der Waals surface area contributed by atoms with Crippen LogP contribution in [0.3, 0.4) is 0 Å². The van der Waals surface area contributed by atoms with Gasteiger partial charge in [-0.25, -0.2) is 0 Å². The van der Waals surface area contributed by atoms with E-state index in [1.165, 1.54) is 0 Å². The Balaban J connectivity index is 1.75. The first-order chi connectivity index (χ1) is 10.0. The fraction of sp³-hybridized carbons (Fsp3) is 0.467. The maximum atomic E-state index is 9.90. The highest BCUT2D eigenvalue weighted by molar-refractivity contribution is 5.27. The third kappa shape index (κ3) is 2.91. The Morgan fingerprint density at radius 3 is 2.90 bits per heavy atom. The molecular formula is C15H20N4O2. The number of aromatic nitrogens is 3. The Bertz CT molecular complexity index is 651. The third-order valence-electron chi connectivity index (χ3n) is 3.79. The van der Waals surface area contributed by atoms with E-state index in [0.29, 0.717) is 17.9 Å². The number of aliphatic hydroxyl groups is 1. The molecule has 0 saturated carbocycles. The zero-order valence-corrected chi connectivity index (χ0v) is 12.3. The number of aliphatic hydroxyl groups excluding tert-OH is 1. The SMILES string of the molecule is Cc1ccc(O)c(CN2CCn3nc([C@H](C)O)cc3C2)n1. The summed E-state index contributed by atoms with van der Waals surface area (Å²) in [6.07, 6.45) is -0.543. The molecule has 0 bridgehead atoms. The van der Waals surface area contributed by atoms with Crippen LogP contribution in [0.15, 0.2) is 18.2 Å². The van der Waals surface area contributed by atoms with Crippen molar-refractivity contribution in [3.63, 3.8) is 0 Å². The molecule has 6 nitrogen and oxygen atoms in total. The van der Waals surface area contributed by atoms with E-state index >= 15 is 0 Å². The van der Waals surface area contributed by atoms with Crippen molar-refractivity contribution in [1.29, 1.82) is 0 Å². The predicted octanol–water partition coefficient (Wildman–Crippen LogP) is 1.36. The topological polar surface area (TPSA) is 74.4 Å². The largest absolute Gasteiger partial charge is 0.506 e. The first-order valence-electron chi connectivity index (χ1n) is 7.15. The second-order valence-corrected chi connectivity index (χ2v) is 5.59. The highest BCUT2D eigenvalue weighted by Crippen LogP contribution is 2.22. The van der Waals surface area contributed by atoms with Crippen molar-refractivity contribution in [3.05, 3.63) is 41.0 Å². The van der Waals surface area contributed by atoms with Gasteiger partial charge in [-0.1, -0.05) is 0 Å². The van der Waals surface area contributed by atoms with Gasteiger partial charge in [-0.15, -0.1) is 0 Å². The molecule has 2 N–H and O–H groups in total. The second kappa shape index (κ2) is 5.46. The van der Waals surface area contributed by atoms with E-state index in [0.717, 1.165) is 31.0 Å². The summed E-state index contributed by atoms with van der Waals surface area (Å²) in [6, 6.07) is 5.44. The van der Waals surface area contributed by atoms with Crippen LogP contribution in [0.2, 0.25) is 0 Å². The molecule has 0 radical (unpaired) electrons. The van der Waals surface area contributed by atoms with E-state index in [2.05, 4.69) is 15.0 Å². The van der Waals surface area contributed by atoms with Gasteiger partial charge in [0.1, 0.15) is 5.75 Å². The highest BCUT2D eigenvalue weighted by Gasteiger charge is 2.21. The normalized spacial score (nSPS) is 16.7. The Labute approximate surface area is 123 Å². The van der Waals surface area contributed by atoms with Crippen LogP contribution in [0, 0.1) is 6.92 Å². The first kappa shape index (κ1) is 14.0. The maximum Gasteiger partial charge on any atom is 0.138 e. The molecule has 2 aromatic heterocycles. The average molecular weight is 288 g/mol. The van der Waals surface area contributed by atoms with Crippen LogP contribution < -0.4 is 0 Å². The number of rotatable bonds is 3. The van der Waals surface area contributed by atoms with E-state index in [4.69, 9.17) is 0 Å². The predicted molar refractivity (Wildman–Crippen MR) is 77.6 cm³/mol. The van der Waals surface area contributed by atoms with E-state index in [1.54, 1.807) is 19.1 Å². The summed E-state index contributed by atoms with van der Waals surface area (Å²) in [7, 11) is 0. The van der Waals surface area contributed by atoms with Gasteiger partial charge in [-0.2, -0.15) is 5.10 Å². The zero-order valence-electron chi connectivity index (χ0n) is 12.3. The van der Waals surface area contributed by atoms with Crippen LogP contribution in [0.5, 0.6) is 5.75 Å². The van der Waals surface area contributed by atoms with E-state index in [-0.39, 0.29) is 5.75 Å². The molecule has 0 saturated heterocycles. The van der Waals surface area contributed by atoms with Crippen LogP contribution >= 0.6 is 0 Å². The van der Waals surface area contributed by atoms with Crippen LogP contribution in [0.4, 0.5) is 0 Å².